The van der Waals surface area contributed by atoms with E-state index in [1.54, 1.807) is 0 Å². The molecule has 5 nitrogen and oxygen atoms in total. The standard InChI is InChI=1S/C14H15FN2O3/c15-10-3-9(4-16-5-10)13(18)17-6-11(8-1-2-8)12(7-17)14(19)20/h3-5,8,11-12H,1-2,6-7H2,(H,19,20)/t11-,12+/m1/s1. The van der Waals surface area contributed by atoms with E-state index in [0.717, 1.165) is 25.1 Å². The van der Waals surface area contributed by atoms with Crippen molar-refractivity contribution in [2.24, 2.45) is 17.8 Å². The van der Waals surface area contributed by atoms with Gasteiger partial charge in [-0.15, -0.1) is 0 Å². The molecule has 1 aliphatic heterocycles. The van der Waals surface area contributed by atoms with Gasteiger partial charge in [-0.25, -0.2) is 4.39 Å². The first kappa shape index (κ1) is 13.0. The fourth-order valence-corrected chi connectivity index (χ4v) is 2.97. The van der Waals surface area contributed by atoms with Crippen molar-refractivity contribution >= 4 is 11.9 Å². The average molecular weight is 278 g/mol. The Hall–Kier alpha value is -1.98. The lowest BCUT2D eigenvalue weighted by atomic mass is 9.92. The first-order valence-electron chi connectivity index (χ1n) is 6.69. The third-order valence-corrected chi connectivity index (χ3v) is 4.15. The number of aliphatic carboxylic acids is 1. The lowest BCUT2D eigenvalue weighted by Crippen LogP contribution is -2.30. The highest BCUT2D eigenvalue weighted by molar-refractivity contribution is 5.94. The zero-order valence-electron chi connectivity index (χ0n) is 10.8. The van der Waals surface area contributed by atoms with Gasteiger partial charge < -0.3 is 10.0 Å². The van der Waals surface area contributed by atoms with Crippen LogP contribution in [0.1, 0.15) is 23.2 Å². The number of carbonyl (C=O) groups is 2. The van der Waals surface area contributed by atoms with Crippen LogP contribution < -0.4 is 0 Å². The van der Waals surface area contributed by atoms with Gasteiger partial charge in [0.2, 0.25) is 0 Å². The highest BCUT2D eigenvalue weighted by atomic mass is 19.1. The van der Waals surface area contributed by atoms with Gasteiger partial charge in [0.15, 0.2) is 0 Å². The normalized spacial score (nSPS) is 25.8. The van der Waals surface area contributed by atoms with E-state index in [9.17, 15) is 19.1 Å². The van der Waals surface area contributed by atoms with Crippen molar-refractivity contribution in [1.82, 2.24) is 9.88 Å². The Kier molecular flexibility index (Phi) is 3.16. The molecule has 1 saturated carbocycles. The van der Waals surface area contributed by atoms with Crippen LogP contribution >= 0.6 is 0 Å². The summed E-state index contributed by atoms with van der Waals surface area (Å²) >= 11 is 0. The molecule has 0 bridgehead atoms. The second-order valence-electron chi connectivity index (χ2n) is 5.55. The number of pyridine rings is 1. The molecule has 106 valence electrons. The van der Waals surface area contributed by atoms with Crippen LogP contribution in [0, 0.1) is 23.6 Å². The SMILES string of the molecule is O=C(O)[C@H]1CN(C(=O)c2cncc(F)c2)C[C@@H]1C1CC1. The summed E-state index contributed by atoms with van der Waals surface area (Å²) in [5.74, 6) is -1.82. The topological polar surface area (TPSA) is 70.5 Å². The maximum Gasteiger partial charge on any atom is 0.308 e. The van der Waals surface area contributed by atoms with Crippen molar-refractivity contribution in [1.29, 1.82) is 0 Å². The Bertz CT molecular complexity index is 559. The summed E-state index contributed by atoms with van der Waals surface area (Å²) in [5, 5.41) is 9.26. The molecule has 1 aromatic rings. The van der Waals surface area contributed by atoms with Crippen molar-refractivity contribution in [2.45, 2.75) is 12.8 Å². The number of carbonyl (C=O) groups excluding carboxylic acids is 1. The number of carboxylic acid groups (broad SMARTS) is 1. The van der Waals surface area contributed by atoms with Crippen molar-refractivity contribution in [3.63, 3.8) is 0 Å². The molecule has 1 aliphatic carbocycles. The summed E-state index contributed by atoms with van der Waals surface area (Å²) in [6, 6.07) is 1.13. The van der Waals surface area contributed by atoms with Crippen molar-refractivity contribution in [2.75, 3.05) is 13.1 Å². The Labute approximate surface area is 115 Å². The van der Waals surface area contributed by atoms with Gasteiger partial charge in [-0.3, -0.25) is 14.6 Å². The van der Waals surface area contributed by atoms with Gasteiger partial charge >= 0.3 is 5.97 Å². The minimum Gasteiger partial charge on any atom is -0.481 e. The van der Waals surface area contributed by atoms with Crippen LogP contribution in [0.4, 0.5) is 4.39 Å². The van der Waals surface area contributed by atoms with E-state index in [4.69, 9.17) is 0 Å². The lowest BCUT2D eigenvalue weighted by molar-refractivity contribution is -0.142. The Morgan fingerprint density at radius 2 is 2.05 bits per heavy atom. The number of hydrogen-bond acceptors (Lipinski definition) is 3. The Morgan fingerprint density at radius 3 is 2.65 bits per heavy atom. The Balaban J connectivity index is 1.78. The highest BCUT2D eigenvalue weighted by Gasteiger charge is 2.46. The van der Waals surface area contributed by atoms with Gasteiger partial charge in [-0.05, 0) is 30.7 Å². The van der Waals surface area contributed by atoms with Crippen molar-refractivity contribution in [3.05, 3.63) is 29.8 Å². The number of likely N-dealkylation sites (tertiary alicyclic amines) is 1. The molecule has 0 unspecified atom stereocenters. The van der Waals surface area contributed by atoms with Crippen LogP contribution in [-0.2, 0) is 4.79 Å². The van der Waals surface area contributed by atoms with Crippen LogP contribution in [0.2, 0.25) is 0 Å². The van der Waals surface area contributed by atoms with E-state index in [2.05, 4.69) is 4.98 Å². The average Bonchev–Trinajstić information content (AvgIpc) is 3.16. The molecule has 1 amide bonds. The number of amides is 1. The molecule has 1 saturated heterocycles. The molecule has 2 fully saturated rings. The van der Waals surface area contributed by atoms with Crippen LogP contribution in [0.15, 0.2) is 18.5 Å². The van der Waals surface area contributed by atoms with E-state index in [-0.39, 0.29) is 23.9 Å². The van der Waals surface area contributed by atoms with E-state index in [0.29, 0.717) is 12.5 Å². The lowest BCUT2D eigenvalue weighted by Gasteiger charge is -2.16. The molecule has 0 aromatic carbocycles. The second-order valence-corrected chi connectivity index (χ2v) is 5.55. The summed E-state index contributed by atoms with van der Waals surface area (Å²) in [5.41, 5.74) is 0.172. The molecular formula is C14H15FN2O3. The minimum atomic E-state index is -0.852. The quantitative estimate of drug-likeness (QED) is 0.907. The molecule has 2 atom stereocenters. The molecule has 0 spiro atoms. The minimum absolute atomic E-state index is 0.0259. The largest absolute Gasteiger partial charge is 0.481 e. The summed E-state index contributed by atoms with van der Waals surface area (Å²) in [4.78, 5) is 28.7. The molecule has 6 heteroatoms. The smallest absolute Gasteiger partial charge is 0.308 e. The third-order valence-electron chi connectivity index (χ3n) is 4.15. The monoisotopic (exact) mass is 278 g/mol. The van der Waals surface area contributed by atoms with Crippen LogP contribution in [0.3, 0.4) is 0 Å². The maximum atomic E-state index is 13.1. The molecular weight excluding hydrogens is 263 g/mol. The van der Waals surface area contributed by atoms with Gasteiger partial charge in [0.25, 0.3) is 5.91 Å². The van der Waals surface area contributed by atoms with Crippen molar-refractivity contribution in [3.8, 4) is 0 Å². The Morgan fingerprint density at radius 1 is 1.30 bits per heavy atom. The predicted molar refractivity (Wildman–Crippen MR) is 67.4 cm³/mol. The number of aromatic nitrogens is 1. The summed E-state index contributed by atoms with van der Waals surface area (Å²) in [7, 11) is 0. The van der Waals surface area contributed by atoms with Gasteiger partial charge in [0, 0.05) is 19.3 Å². The number of halogens is 1. The van der Waals surface area contributed by atoms with E-state index in [1.165, 1.54) is 11.1 Å². The number of nitrogens with zero attached hydrogens (tertiary/aromatic N) is 2. The fraction of sp³-hybridized carbons (Fsp3) is 0.500. The fourth-order valence-electron chi connectivity index (χ4n) is 2.97. The summed E-state index contributed by atoms with van der Waals surface area (Å²) < 4.78 is 13.1. The summed E-state index contributed by atoms with van der Waals surface area (Å²) in [6.45, 7) is 0.642. The molecule has 1 N–H and O–H groups in total. The van der Waals surface area contributed by atoms with E-state index in [1.807, 2.05) is 0 Å². The van der Waals surface area contributed by atoms with Crippen LogP contribution in [0.25, 0.3) is 0 Å². The third kappa shape index (κ3) is 2.37. The molecule has 1 aromatic heterocycles. The van der Waals surface area contributed by atoms with Crippen molar-refractivity contribution < 1.29 is 19.1 Å². The molecule has 20 heavy (non-hydrogen) atoms. The van der Waals surface area contributed by atoms with Gasteiger partial charge in [-0.1, -0.05) is 0 Å². The second kappa shape index (κ2) is 4.85. The van der Waals surface area contributed by atoms with Gasteiger partial charge in [-0.2, -0.15) is 0 Å². The first-order valence-corrected chi connectivity index (χ1v) is 6.69. The van der Waals surface area contributed by atoms with Gasteiger partial charge in [0.1, 0.15) is 5.82 Å². The van der Waals surface area contributed by atoms with Crippen LogP contribution in [0.5, 0.6) is 0 Å². The van der Waals surface area contributed by atoms with Gasteiger partial charge in [0.05, 0.1) is 17.7 Å². The number of hydrogen-bond donors (Lipinski definition) is 1. The number of rotatable bonds is 3. The molecule has 3 rings (SSSR count). The molecule has 2 aliphatic rings. The molecule has 0 radical (unpaired) electrons. The zero-order chi connectivity index (χ0) is 14.3. The molecule has 2 heterocycles. The number of carboxylic acids is 1. The van der Waals surface area contributed by atoms with Crippen LogP contribution in [-0.4, -0.2) is 40.0 Å². The van der Waals surface area contributed by atoms with E-state index >= 15 is 0 Å². The van der Waals surface area contributed by atoms with E-state index < -0.39 is 17.7 Å². The summed E-state index contributed by atoms with van der Waals surface area (Å²) in [6.07, 6.45) is 4.43. The predicted octanol–water partition coefficient (Wildman–Crippen LogP) is 1.40. The maximum absolute atomic E-state index is 13.1. The first-order chi connectivity index (χ1) is 9.56. The zero-order valence-corrected chi connectivity index (χ0v) is 10.8. The highest BCUT2D eigenvalue weighted by Crippen LogP contribution is 2.44.